The Balaban J connectivity index is 1.89. The highest BCUT2D eigenvalue weighted by molar-refractivity contribution is 4.84. The second-order valence-electron chi connectivity index (χ2n) is 3.67. The van der Waals surface area contributed by atoms with Gasteiger partial charge < -0.3 is 14.6 Å². The first kappa shape index (κ1) is 9.40. The van der Waals surface area contributed by atoms with E-state index in [0.717, 1.165) is 32.7 Å². The average Bonchev–Trinajstić information content (AvgIpc) is 2.43. The Kier molecular flexibility index (Phi) is 3.16. The topological polar surface area (TPSA) is 41.9 Å². The van der Waals surface area contributed by atoms with Gasteiger partial charge in [-0.15, -0.1) is 0 Å². The molecule has 0 aromatic carbocycles. The predicted molar refractivity (Wildman–Crippen MR) is 47.6 cm³/mol. The van der Waals surface area contributed by atoms with E-state index in [0.29, 0.717) is 13.2 Å². The average molecular weight is 187 g/mol. The molecule has 2 rings (SSSR count). The quantitative estimate of drug-likeness (QED) is 0.599. The number of aliphatic hydroxyl groups is 1. The lowest BCUT2D eigenvalue weighted by atomic mass is 10.2. The van der Waals surface area contributed by atoms with E-state index >= 15 is 0 Å². The lowest BCUT2D eigenvalue weighted by molar-refractivity contribution is 0.0767. The Morgan fingerprint density at radius 1 is 1.08 bits per heavy atom. The van der Waals surface area contributed by atoms with Gasteiger partial charge in [-0.05, 0) is 6.42 Å². The van der Waals surface area contributed by atoms with Crippen LogP contribution in [0.3, 0.4) is 0 Å². The van der Waals surface area contributed by atoms with Gasteiger partial charge in [0.1, 0.15) is 0 Å². The Labute approximate surface area is 78.4 Å². The van der Waals surface area contributed by atoms with Crippen molar-refractivity contribution < 1.29 is 14.6 Å². The van der Waals surface area contributed by atoms with E-state index < -0.39 is 0 Å². The molecule has 2 atom stereocenters. The molecule has 0 bridgehead atoms. The number of ether oxygens (including phenoxy) is 2. The molecule has 0 amide bonds. The minimum atomic E-state index is -0.307. The fraction of sp³-hybridized carbons (Fsp3) is 1.00. The summed E-state index contributed by atoms with van der Waals surface area (Å²) in [4.78, 5) is 2.28. The zero-order valence-electron chi connectivity index (χ0n) is 7.82. The zero-order chi connectivity index (χ0) is 9.10. The standard InChI is InChI=1S/C9H17NO3/c11-9-7-13-6-8(9)10-2-1-4-12-5-3-10/h8-9,11H,1-7H2/t8?,9-/m1/s1. The Hall–Kier alpha value is -0.160. The van der Waals surface area contributed by atoms with Crippen molar-refractivity contribution in [3.05, 3.63) is 0 Å². The van der Waals surface area contributed by atoms with E-state index in [1.165, 1.54) is 0 Å². The molecular weight excluding hydrogens is 170 g/mol. The number of hydrogen-bond acceptors (Lipinski definition) is 4. The van der Waals surface area contributed by atoms with Crippen LogP contribution in [-0.2, 0) is 9.47 Å². The van der Waals surface area contributed by atoms with Crippen molar-refractivity contribution in [1.82, 2.24) is 4.90 Å². The third-order valence-electron chi connectivity index (χ3n) is 2.75. The van der Waals surface area contributed by atoms with Crippen LogP contribution >= 0.6 is 0 Å². The van der Waals surface area contributed by atoms with Gasteiger partial charge in [-0.1, -0.05) is 0 Å². The van der Waals surface area contributed by atoms with Gasteiger partial charge in [-0.3, -0.25) is 4.90 Å². The molecule has 0 spiro atoms. The third kappa shape index (κ3) is 2.20. The van der Waals surface area contributed by atoms with Crippen molar-refractivity contribution in [2.45, 2.75) is 18.6 Å². The Bertz CT molecular complexity index is 157. The van der Waals surface area contributed by atoms with Crippen molar-refractivity contribution in [3.8, 4) is 0 Å². The van der Waals surface area contributed by atoms with Crippen molar-refractivity contribution in [1.29, 1.82) is 0 Å². The molecule has 13 heavy (non-hydrogen) atoms. The molecule has 0 aromatic heterocycles. The second kappa shape index (κ2) is 4.37. The summed E-state index contributed by atoms with van der Waals surface area (Å²) in [5.41, 5.74) is 0. The summed E-state index contributed by atoms with van der Waals surface area (Å²) in [6.45, 7) is 4.72. The number of rotatable bonds is 1. The third-order valence-corrected chi connectivity index (χ3v) is 2.75. The van der Waals surface area contributed by atoms with Gasteiger partial charge in [-0.2, -0.15) is 0 Å². The summed E-state index contributed by atoms with van der Waals surface area (Å²) in [5.74, 6) is 0. The molecule has 2 aliphatic rings. The lowest BCUT2D eigenvalue weighted by Gasteiger charge is -2.27. The number of nitrogens with zero attached hydrogens (tertiary/aromatic N) is 1. The van der Waals surface area contributed by atoms with Gasteiger partial charge in [-0.25, -0.2) is 0 Å². The van der Waals surface area contributed by atoms with E-state index in [1.807, 2.05) is 0 Å². The number of hydrogen-bond donors (Lipinski definition) is 1. The molecular formula is C9H17NO3. The molecule has 0 aromatic rings. The summed E-state index contributed by atoms with van der Waals surface area (Å²) in [7, 11) is 0. The van der Waals surface area contributed by atoms with Crippen molar-refractivity contribution in [3.63, 3.8) is 0 Å². The van der Waals surface area contributed by atoms with Crippen LogP contribution in [0.25, 0.3) is 0 Å². The van der Waals surface area contributed by atoms with E-state index in [2.05, 4.69) is 4.90 Å². The first-order valence-electron chi connectivity index (χ1n) is 4.95. The van der Waals surface area contributed by atoms with Gasteiger partial charge in [0, 0.05) is 19.7 Å². The van der Waals surface area contributed by atoms with Crippen LogP contribution in [0.5, 0.6) is 0 Å². The Morgan fingerprint density at radius 3 is 2.77 bits per heavy atom. The monoisotopic (exact) mass is 187 g/mol. The summed E-state index contributed by atoms with van der Waals surface area (Å²) in [5, 5.41) is 9.63. The Morgan fingerprint density at radius 2 is 2.00 bits per heavy atom. The maximum atomic E-state index is 9.63. The molecule has 4 nitrogen and oxygen atoms in total. The second-order valence-corrected chi connectivity index (χ2v) is 3.67. The number of aliphatic hydroxyl groups excluding tert-OH is 1. The fourth-order valence-corrected chi connectivity index (χ4v) is 1.98. The SMILES string of the molecule is O[C@@H]1COCC1N1CCCOCC1. The first-order chi connectivity index (χ1) is 6.38. The van der Waals surface area contributed by atoms with Crippen LogP contribution in [0, 0.1) is 0 Å². The zero-order valence-corrected chi connectivity index (χ0v) is 7.82. The van der Waals surface area contributed by atoms with Crippen LogP contribution < -0.4 is 0 Å². The molecule has 2 saturated heterocycles. The molecule has 0 saturated carbocycles. The van der Waals surface area contributed by atoms with Crippen molar-refractivity contribution in [2.24, 2.45) is 0 Å². The molecule has 1 unspecified atom stereocenters. The molecule has 76 valence electrons. The minimum absolute atomic E-state index is 0.196. The lowest BCUT2D eigenvalue weighted by Crippen LogP contribution is -2.44. The molecule has 1 N–H and O–H groups in total. The fourth-order valence-electron chi connectivity index (χ4n) is 1.98. The summed E-state index contributed by atoms with van der Waals surface area (Å²) in [6, 6.07) is 0.196. The van der Waals surface area contributed by atoms with Crippen LogP contribution in [0.4, 0.5) is 0 Å². The summed E-state index contributed by atoms with van der Waals surface area (Å²) < 4.78 is 10.6. The van der Waals surface area contributed by atoms with Gasteiger partial charge in [0.15, 0.2) is 0 Å². The maximum Gasteiger partial charge on any atom is 0.0950 e. The van der Waals surface area contributed by atoms with Crippen molar-refractivity contribution in [2.75, 3.05) is 39.5 Å². The van der Waals surface area contributed by atoms with Gasteiger partial charge >= 0.3 is 0 Å². The summed E-state index contributed by atoms with van der Waals surface area (Å²) >= 11 is 0. The molecule has 2 heterocycles. The molecule has 2 fully saturated rings. The van der Waals surface area contributed by atoms with E-state index in [-0.39, 0.29) is 12.1 Å². The minimum Gasteiger partial charge on any atom is -0.389 e. The first-order valence-corrected chi connectivity index (χ1v) is 4.95. The van der Waals surface area contributed by atoms with E-state index in [4.69, 9.17) is 9.47 Å². The highest BCUT2D eigenvalue weighted by atomic mass is 16.5. The molecule has 0 aliphatic carbocycles. The van der Waals surface area contributed by atoms with Crippen LogP contribution in [0.1, 0.15) is 6.42 Å². The van der Waals surface area contributed by atoms with Crippen LogP contribution in [0.2, 0.25) is 0 Å². The highest BCUT2D eigenvalue weighted by Crippen LogP contribution is 2.14. The molecule has 0 radical (unpaired) electrons. The van der Waals surface area contributed by atoms with Crippen LogP contribution in [-0.4, -0.2) is 61.7 Å². The largest absolute Gasteiger partial charge is 0.389 e. The van der Waals surface area contributed by atoms with Gasteiger partial charge in [0.2, 0.25) is 0 Å². The van der Waals surface area contributed by atoms with Gasteiger partial charge in [0.25, 0.3) is 0 Å². The predicted octanol–water partition coefficient (Wildman–Crippen LogP) is -0.532. The van der Waals surface area contributed by atoms with Gasteiger partial charge in [0.05, 0.1) is 32.0 Å². The smallest absolute Gasteiger partial charge is 0.0950 e. The van der Waals surface area contributed by atoms with Crippen LogP contribution in [0.15, 0.2) is 0 Å². The van der Waals surface area contributed by atoms with E-state index in [1.54, 1.807) is 0 Å². The summed E-state index contributed by atoms with van der Waals surface area (Å²) in [6.07, 6.45) is 0.751. The maximum absolute atomic E-state index is 9.63. The molecule has 4 heteroatoms. The van der Waals surface area contributed by atoms with Crippen molar-refractivity contribution >= 4 is 0 Å². The normalized spacial score (nSPS) is 37.6. The molecule has 2 aliphatic heterocycles. The van der Waals surface area contributed by atoms with E-state index in [9.17, 15) is 5.11 Å². The highest BCUT2D eigenvalue weighted by Gasteiger charge is 2.31.